The van der Waals surface area contributed by atoms with Gasteiger partial charge in [-0.2, -0.15) is 0 Å². The Morgan fingerprint density at radius 2 is 1.67 bits per heavy atom. The summed E-state index contributed by atoms with van der Waals surface area (Å²) >= 11 is 14.4. The predicted octanol–water partition coefficient (Wildman–Crippen LogP) is 5.94. The zero-order chi connectivity index (χ0) is 23.7. The second-order valence-corrected chi connectivity index (χ2v) is 9.29. The van der Waals surface area contributed by atoms with Gasteiger partial charge < -0.3 is 10.6 Å². The van der Waals surface area contributed by atoms with E-state index < -0.39 is 11.8 Å². The summed E-state index contributed by atoms with van der Waals surface area (Å²) in [6.45, 7) is 1.93. The van der Waals surface area contributed by atoms with E-state index in [2.05, 4.69) is 33.2 Å². The molecule has 0 aliphatic carbocycles. The summed E-state index contributed by atoms with van der Waals surface area (Å²) in [5, 5.41) is 5.93. The van der Waals surface area contributed by atoms with Crippen LogP contribution >= 0.6 is 45.8 Å². The van der Waals surface area contributed by atoms with Crippen molar-refractivity contribution in [2.24, 2.45) is 0 Å². The summed E-state index contributed by atoms with van der Waals surface area (Å²) in [6.07, 6.45) is 0. The van der Waals surface area contributed by atoms with Crippen LogP contribution in [0.5, 0.6) is 0 Å². The summed E-state index contributed by atoms with van der Waals surface area (Å²) in [6, 6.07) is 18.6. The molecule has 6 nitrogen and oxygen atoms in total. The molecule has 0 spiro atoms. The second kappa shape index (κ2) is 9.54. The molecule has 0 atom stereocenters. The summed E-state index contributed by atoms with van der Waals surface area (Å²) in [5.74, 6) is -1.50. The van der Waals surface area contributed by atoms with Gasteiger partial charge in [0.1, 0.15) is 10.7 Å². The van der Waals surface area contributed by atoms with E-state index in [1.165, 1.54) is 6.07 Å². The summed E-state index contributed by atoms with van der Waals surface area (Å²) < 4.78 is 1.08. The van der Waals surface area contributed by atoms with Gasteiger partial charge in [0.15, 0.2) is 0 Å². The molecule has 3 amide bonds. The van der Waals surface area contributed by atoms with Gasteiger partial charge in [-0.25, -0.2) is 4.90 Å². The van der Waals surface area contributed by atoms with Gasteiger partial charge in [0.05, 0.1) is 5.69 Å². The maximum atomic E-state index is 12.9. The van der Waals surface area contributed by atoms with Gasteiger partial charge in [-0.3, -0.25) is 14.4 Å². The molecule has 0 bridgehead atoms. The number of imide groups is 1. The number of amides is 3. The van der Waals surface area contributed by atoms with Crippen LogP contribution in [-0.2, 0) is 9.59 Å². The molecule has 4 rings (SSSR count). The minimum Gasteiger partial charge on any atom is -0.350 e. The van der Waals surface area contributed by atoms with Gasteiger partial charge in [0.2, 0.25) is 0 Å². The number of rotatable bonds is 5. The van der Waals surface area contributed by atoms with E-state index in [-0.39, 0.29) is 16.6 Å². The minimum atomic E-state index is -0.643. The Bertz CT molecular complexity index is 1320. The predicted molar refractivity (Wildman–Crippen MR) is 139 cm³/mol. The highest BCUT2D eigenvalue weighted by Gasteiger charge is 2.39. The highest BCUT2D eigenvalue weighted by Crippen LogP contribution is 2.31. The van der Waals surface area contributed by atoms with Gasteiger partial charge in [-0.05, 0) is 95.7 Å². The molecular weight excluding hydrogens is 576 g/mol. The number of halogens is 3. The van der Waals surface area contributed by atoms with Gasteiger partial charge in [0, 0.05) is 25.5 Å². The first-order chi connectivity index (χ1) is 15.7. The smallest absolute Gasteiger partial charge is 0.283 e. The second-order valence-electron chi connectivity index (χ2n) is 7.23. The first-order valence-electron chi connectivity index (χ1n) is 9.73. The van der Waals surface area contributed by atoms with Crippen molar-refractivity contribution in [1.29, 1.82) is 0 Å². The van der Waals surface area contributed by atoms with Crippen LogP contribution in [0.3, 0.4) is 0 Å². The number of nitrogens with one attached hydrogen (secondary N) is 2. The van der Waals surface area contributed by atoms with Crippen LogP contribution in [0.4, 0.5) is 17.1 Å². The molecule has 0 saturated heterocycles. The monoisotopic (exact) mass is 591 g/mol. The minimum absolute atomic E-state index is 0.0478. The highest BCUT2D eigenvalue weighted by molar-refractivity contribution is 14.1. The number of carbonyl (C=O) groups excluding carboxylic acids is 3. The molecule has 166 valence electrons. The number of nitrogens with zero attached hydrogens (tertiary/aromatic N) is 1. The maximum absolute atomic E-state index is 12.9. The molecule has 2 N–H and O–H groups in total. The average Bonchev–Trinajstić information content (AvgIpc) is 2.99. The molecule has 3 aromatic rings. The molecule has 0 radical (unpaired) electrons. The van der Waals surface area contributed by atoms with Gasteiger partial charge >= 0.3 is 0 Å². The van der Waals surface area contributed by atoms with Crippen LogP contribution in [0.25, 0.3) is 0 Å². The van der Waals surface area contributed by atoms with E-state index in [9.17, 15) is 14.4 Å². The van der Waals surface area contributed by atoms with Crippen molar-refractivity contribution in [3.63, 3.8) is 0 Å². The van der Waals surface area contributed by atoms with Crippen molar-refractivity contribution in [3.05, 3.63) is 97.2 Å². The molecule has 1 aliphatic rings. The van der Waals surface area contributed by atoms with Crippen molar-refractivity contribution in [2.75, 3.05) is 15.5 Å². The molecule has 0 unspecified atom stereocenters. The van der Waals surface area contributed by atoms with E-state index >= 15 is 0 Å². The molecule has 0 saturated carbocycles. The van der Waals surface area contributed by atoms with Gasteiger partial charge in [0.25, 0.3) is 17.7 Å². The van der Waals surface area contributed by atoms with E-state index in [0.717, 1.165) is 19.7 Å². The molecular formula is C24H16Cl2IN3O3. The van der Waals surface area contributed by atoms with E-state index in [4.69, 9.17) is 23.2 Å². The maximum Gasteiger partial charge on any atom is 0.283 e. The van der Waals surface area contributed by atoms with Crippen molar-refractivity contribution >= 4 is 80.6 Å². The van der Waals surface area contributed by atoms with Crippen LogP contribution < -0.4 is 15.5 Å². The fourth-order valence-electron chi connectivity index (χ4n) is 3.27. The summed E-state index contributed by atoms with van der Waals surface area (Å²) in [7, 11) is 0. The van der Waals surface area contributed by atoms with Crippen LogP contribution in [-0.4, -0.2) is 17.7 Å². The zero-order valence-corrected chi connectivity index (χ0v) is 20.8. The van der Waals surface area contributed by atoms with E-state index in [1.807, 2.05) is 25.1 Å². The van der Waals surface area contributed by atoms with E-state index in [0.29, 0.717) is 22.0 Å². The molecule has 9 heteroatoms. The topological polar surface area (TPSA) is 78.5 Å². The Hall–Kier alpha value is -2.88. The molecule has 1 heterocycles. The largest absolute Gasteiger partial charge is 0.350 e. The normalized spacial score (nSPS) is 13.5. The van der Waals surface area contributed by atoms with Crippen LogP contribution in [0, 0.1) is 10.5 Å². The van der Waals surface area contributed by atoms with Crippen molar-refractivity contribution in [3.8, 4) is 0 Å². The Morgan fingerprint density at radius 3 is 2.33 bits per heavy atom. The first-order valence-corrected chi connectivity index (χ1v) is 11.6. The Balaban J connectivity index is 1.49. The number of benzene rings is 3. The third-order valence-electron chi connectivity index (χ3n) is 4.95. The van der Waals surface area contributed by atoms with Crippen molar-refractivity contribution in [1.82, 2.24) is 0 Å². The molecule has 3 aromatic carbocycles. The number of hydrogen-bond acceptors (Lipinski definition) is 4. The molecule has 1 aliphatic heterocycles. The number of hydrogen-bond donors (Lipinski definition) is 2. The Kier molecular flexibility index (Phi) is 6.73. The molecule has 33 heavy (non-hydrogen) atoms. The SMILES string of the molecule is Cc1cc(I)ccc1NC(=O)c1ccc(NC2=C(Cl)C(=O)N(c3cccc(Cl)c3)C2=O)cc1. The molecule has 0 fully saturated rings. The van der Waals surface area contributed by atoms with Crippen LogP contribution in [0.2, 0.25) is 5.02 Å². The van der Waals surface area contributed by atoms with Crippen LogP contribution in [0.15, 0.2) is 77.5 Å². The summed E-state index contributed by atoms with van der Waals surface area (Å²) in [5.41, 5.74) is 2.91. The van der Waals surface area contributed by atoms with E-state index in [1.54, 1.807) is 42.5 Å². The van der Waals surface area contributed by atoms with Gasteiger partial charge in [-0.15, -0.1) is 0 Å². The lowest BCUT2D eigenvalue weighted by molar-refractivity contribution is -0.120. The fraction of sp³-hybridized carbons (Fsp3) is 0.0417. The lowest BCUT2D eigenvalue weighted by Crippen LogP contribution is -2.32. The fourth-order valence-corrected chi connectivity index (χ4v) is 4.32. The van der Waals surface area contributed by atoms with Gasteiger partial charge in [-0.1, -0.05) is 29.3 Å². The van der Waals surface area contributed by atoms with Crippen molar-refractivity contribution < 1.29 is 14.4 Å². The highest BCUT2D eigenvalue weighted by atomic mass is 127. The first kappa shape index (κ1) is 23.3. The third-order valence-corrected chi connectivity index (χ3v) is 6.20. The lowest BCUT2D eigenvalue weighted by Gasteiger charge is -2.15. The number of aryl methyl sites for hydroxylation is 1. The Morgan fingerprint density at radius 1 is 0.939 bits per heavy atom. The molecule has 0 aromatic heterocycles. The number of anilines is 3. The Labute approximate surface area is 213 Å². The third kappa shape index (κ3) is 4.90. The lowest BCUT2D eigenvalue weighted by atomic mass is 10.1. The number of carbonyl (C=O) groups is 3. The average molecular weight is 592 g/mol. The summed E-state index contributed by atoms with van der Waals surface area (Å²) in [4.78, 5) is 39.0. The quantitative estimate of drug-likeness (QED) is 0.284. The zero-order valence-electron chi connectivity index (χ0n) is 17.2. The standard InChI is InChI=1S/C24H16Cl2IN3O3/c1-13-11-16(27)7-10-19(13)29-22(31)14-5-8-17(9-6-14)28-21-20(26)23(32)30(24(21)33)18-4-2-3-15(25)12-18/h2-12,28H,1H3,(H,29,31). The van der Waals surface area contributed by atoms with Crippen molar-refractivity contribution in [2.45, 2.75) is 6.92 Å². The van der Waals surface area contributed by atoms with Crippen LogP contribution in [0.1, 0.15) is 15.9 Å².